The van der Waals surface area contributed by atoms with Gasteiger partial charge in [0.05, 0.1) is 12.1 Å². The highest BCUT2D eigenvalue weighted by molar-refractivity contribution is 7.12. The third-order valence-electron chi connectivity index (χ3n) is 3.40. The maximum absolute atomic E-state index is 5.69. The molecule has 0 bridgehead atoms. The van der Waals surface area contributed by atoms with Gasteiger partial charge in [-0.15, -0.1) is 16.4 Å². The fraction of sp³-hybridized carbons (Fsp3) is 0.600. The average Bonchev–Trinajstić information content (AvgIpc) is 3.02. The van der Waals surface area contributed by atoms with E-state index in [0.29, 0.717) is 11.9 Å². The minimum absolute atomic E-state index is 0.0773. The van der Waals surface area contributed by atoms with Crippen LogP contribution in [-0.2, 0) is 0 Å². The third kappa shape index (κ3) is 4.04. The van der Waals surface area contributed by atoms with Gasteiger partial charge in [-0.05, 0) is 52.3 Å². The lowest BCUT2D eigenvalue weighted by atomic mass is 10.1. The highest BCUT2D eigenvalue weighted by Gasteiger charge is 2.16. The SMILES string of the molecule is CCCNC(C)c1nnc(NC(C)c2cc(C)sc2C)o1. The van der Waals surface area contributed by atoms with Crippen LogP contribution in [0.3, 0.4) is 0 Å². The van der Waals surface area contributed by atoms with Crippen LogP contribution in [0.15, 0.2) is 10.5 Å². The van der Waals surface area contributed by atoms with Gasteiger partial charge in [0.15, 0.2) is 0 Å². The second-order valence-corrected chi connectivity index (χ2v) is 6.82. The Bertz CT molecular complexity index is 578. The van der Waals surface area contributed by atoms with Crippen molar-refractivity contribution in [3.05, 3.63) is 27.3 Å². The van der Waals surface area contributed by atoms with E-state index in [4.69, 9.17) is 4.42 Å². The van der Waals surface area contributed by atoms with Crippen LogP contribution in [0.5, 0.6) is 0 Å². The van der Waals surface area contributed by atoms with Crippen molar-refractivity contribution in [3.8, 4) is 0 Å². The molecule has 0 saturated heterocycles. The molecule has 2 unspecified atom stereocenters. The predicted octanol–water partition coefficient (Wildman–Crippen LogP) is 3.98. The number of anilines is 1. The number of nitrogens with one attached hydrogen (secondary N) is 2. The summed E-state index contributed by atoms with van der Waals surface area (Å²) >= 11 is 1.81. The maximum atomic E-state index is 5.69. The molecule has 2 aromatic heterocycles. The van der Waals surface area contributed by atoms with E-state index < -0.39 is 0 Å². The van der Waals surface area contributed by atoms with E-state index in [9.17, 15) is 0 Å². The molecule has 0 aromatic carbocycles. The highest BCUT2D eigenvalue weighted by atomic mass is 32.1. The van der Waals surface area contributed by atoms with E-state index in [1.807, 2.05) is 18.3 Å². The number of thiophene rings is 1. The van der Waals surface area contributed by atoms with Crippen molar-refractivity contribution >= 4 is 17.4 Å². The fourth-order valence-electron chi connectivity index (χ4n) is 2.26. The molecule has 0 spiro atoms. The molecule has 0 saturated carbocycles. The van der Waals surface area contributed by atoms with Crippen LogP contribution in [0.2, 0.25) is 0 Å². The van der Waals surface area contributed by atoms with Crippen molar-refractivity contribution in [1.82, 2.24) is 15.5 Å². The Hall–Kier alpha value is -1.40. The zero-order chi connectivity index (χ0) is 15.4. The van der Waals surface area contributed by atoms with Crippen LogP contribution >= 0.6 is 11.3 Å². The predicted molar refractivity (Wildman–Crippen MR) is 86.8 cm³/mol. The van der Waals surface area contributed by atoms with E-state index in [0.717, 1.165) is 13.0 Å². The van der Waals surface area contributed by atoms with E-state index in [-0.39, 0.29) is 12.1 Å². The van der Waals surface area contributed by atoms with E-state index in [1.54, 1.807) is 0 Å². The van der Waals surface area contributed by atoms with Crippen LogP contribution in [0.25, 0.3) is 0 Å². The van der Waals surface area contributed by atoms with Gasteiger partial charge in [-0.25, -0.2) is 0 Å². The van der Waals surface area contributed by atoms with Gasteiger partial charge in [0.2, 0.25) is 5.89 Å². The first-order valence-electron chi connectivity index (χ1n) is 7.41. The summed E-state index contributed by atoms with van der Waals surface area (Å²) in [7, 11) is 0. The molecule has 2 N–H and O–H groups in total. The number of hydrogen-bond acceptors (Lipinski definition) is 6. The third-order valence-corrected chi connectivity index (χ3v) is 4.38. The molecule has 5 nitrogen and oxygen atoms in total. The first-order chi connectivity index (χ1) is 10.0. The molecular formula is C15H24N4OS. The van der Waals surface area contributed by atoms with Gasteiger partial charge < -0.3 is 15.1 Å². The Balaban J connectivity index is 2.00. The Morgan fingerprint density at radius 2 is 2.00 bits per heavy atom. The maximum Gasteiger partial charge on any atom is 0.316 e. The number of aryl methyl sites for hydroxylation is 2. The van der Waals surface area contributed by atoms with Gasteiger partial charge in [-0.3, -0.25) is 0 Å². The van der Waals surface area contributed by atoms with E-state index in [1.165, 1.54) is 15.3 Å². The fourth-order valence-corrected chi connectivity index (χ4v) is 3.28. The first-order valence-corrected chi connectivity index (χ1v) is 8.23. The lowest BCUT2D eigenvalue weighted by molar-refractivity contribution is 0.421. The molecule has 0 radical (unpaired) electrons. The minimum atomic E-state index is 0.0773. The Morgan fingerprint density at radius 3 is 2.62 bits per heavy atom. The summed E-state index contributed by atoms with van der Waals surface area (Å²) in [6.45, 7) is 11.5. The second kappa shape index (κ2) is 7.04. The van der Waals surface area contributed by atoms with Gasteiger partial charge in [0.25, 0.3) is 0 Å². The molecule has 2 atom stereocenters. The number of nitrogens with zero attached hydrogens (tertiary/aromatic N) is 2. The van der Waals surface area contributed by atoms with Gasteiger partial charge in [0.1, 0.15) is 0 Å². The van der Waals surface area contributed by atoms with Gasteiger partial charge in [-0.1, -0.05) is 12.0 Å². The molecule has 2 rings (SSSR count). The van der Waals surface area contributed by atoms with Crippen molar-refractivity contribution < 1.29 is 4.42 Å². The first kappa shape index (κ1) is 16.0. The Kier molecular flexibility index (Phi) is 5.36. The summed E-state index contributed by atoms with van der Waals surface area (Å²) in [5.74, 6) is 0.622. The zero-order valence-corrected chi connectivity index (χ0v) is 14.2. The van der Waals surface area contributed by atoms with Crippen LogP contribution in [-0.4, -0.2) is 16.7 Å². The summed E-state index contributed by atoms with van der Waals surface area (Å²) in [6.07, 6.45) is 1.08. The quantitative estimate of drug-likeness (QED) is 0.810. The topological polar surface area (TPSA) is 63.0 Å². The molecule has 0 amide bonds. The zero-order valence-electron chi connectivity index (χ0n) is 13.4. The van der Waals surface area contributed by atoms with Gasteiger partial charge in [0, 0.05) is 9.75 Å². The smallest absolute Gasteiger partial charge is 0.316 e. The monoisotopic (exact) mass is 308 g/mol. The molecule has 6 heteroatoms. The molecule has 2 heterocycles. The van der Waals surface area contributed by atoms with Crippen LogP contribution in [0.1, 0.15) is 60.5 Å². The van der Waals surface area contributed by atoms with Crippen molar-refractivity contribution in [1.29, 1.82) is 0 Å². The van der Waals surface area contributed by atoms with E-state index in [2.05, 4.69) is 54.6 Å². The molecular weight excluding hydrogens is 284 g/mol. The lowest BCUT2D eigenvalue weighted by Crippen LogP contribution is -2.19. The second-order valence-electron chi connectivity index (χ2n) is 5.36. The minimum Gasteiger partial charge on any atom is -0.406 e. The van der Waals surface area contributed by atoms with Crippen molar-refractivity contribution in [2.75, 3.05) is 11.9 Å². The number of aromatic nitrogens is 2. The number of rotatable bonds is 7. The van der Waals surface area contributed by atoms with Gasteiger partial charge in [-0.2, -0.15) is 0 Å². The Morgan fingerprint density at radius 1 is 1.24 bits per heavy atom. The molecule has 0 aliphatic carbocycles. The Labute approximate surface area is 130 Å². The summed E-state index contributed by atoms with van der Waals surface area (Å²) < 4.78 is 5.69. The summed E-state index contributed by atoms with van der Waals surface area (Å²) in [5.41, 5.74) is 1.29. The van der Waals surface area contributed by atoms with E-state index >= 15 is 0 Å². The largest absolute Gasteiger partial charge is 0.406 e. The van der Waals surface area contributed by atoms with Crippen LogP contribution < -0.4 is 10.6 Å². The molecule has 0 aliphatic rings. The van der Waals surface area contributed by atoms with Gasteiger partial charge >= 0.3 is 6.01 Å². The number of hydrogen-bond donors (Lipinski definition) is 2. The van der Waals surface area contributed by atoms with Crippen molar-refractivity contribution in [3.63, 3.8) is 0 Å². The molecule has 21 heavy (non-hydrogen) atoms. The molecule has 2 aromatic rings. The summed E-state index contributed by atoms with van der Waals surface area (Å²) in [6, 6.07) is 2.92. The van der Waals surface area contributed by atoms with Crippen molar-refractivity contribution in [2.24, 2.45) is 0 Å². The molecule has 0 aliphatic heterocycles. The average molecular weight is 308 g/mol. The molecule has 116 valence electrons. The van der Waals surface area contributed by atoms with Crippen LogP contribution in [0.4, 0.5) is 6.01 Å². The lowest BCUT2D eigenvalue weighted by Gasteiger charge is -2.11. The summed E-state index contributed by atoms with van der Waals surface area (Å²) in [4.78, 5) is 2.64. The molecule has 0 fully saturated rings. The van der Waals surface area contributed by atoms with Crippen molar-refractivity contribution in [2.45, 2.75) is 53.1 Å². The standard InChI is InChI=1S/C15H24N4OS/c1-6-7-16-11(4)14-18-19-15(20-14)17-10(3)13-8-9(2)21-12(13)5/h8,10-11,16H,6-7H2,1-5H3,(H,17,19). The van der Waals surface area contributed by atoms with Crippen LogP contribution in [0, 0.1) is 13.8 Å². The summed E-state index contributed by atoms with van der Waals surface area (Å²) in [5, 5.41) is 14.8. The highest BCUT2D eigenvalue weighted by Crippen LogP contribution is 2.28. The normalized spacial score (nSPS) is 14.1.